The molecule has 4 N–H and O–H groups in total. The van der Waals surface area contributed by atoms with Gasteiger partial charge in [0, 0.05) is 24.8 Å². The molecule has 0 spiro atoms. The minimum Gasteiger partial charge on any atom is -0.381 e. The molecule has 0 aromatic heterocycles. The number of nitrogens with two attached hydrogens (primary N) is 1. The Morgan fingerprint density at radius 3 is 2.95 bits per heavy atom. The van der Waals surface area contributed by atoms with Gasteiger partial charge >= 0.3 is 0 Å². The molecule has 1 aromatic rings. The van der Waals surface area contributed by atoms with E-state index in [-0.39, 0.29) is 5.91 Å². The van der Waals surface area contributed by atoms with E-state index in [1.54, 1.807) is 18.2 Å². The fourth-order valence-electron chi connectivity index (χ4n) is 1.84. The van der Waals surface area contributed by atoms with Crippen molar-refractivity contribution in [2.24, 2.45) is 11.8 Å². The summed E-state index contributed by atoms with van der Waals surface area (Å²) < 4.78 is 5.50. The third kappa shape index (κ3) is 4.67. The maximum Gasteiger partial charge on any atom is 0.253 e. The number of amides is 1. The Labute approximate surface area is 123 Å². The van der Waals surface area contributed by atoms with Gasteiger partial charge in [-0.3, -0.25) is 10.6 Å². The Morgan fingerprint density at radius 1 is 1.45 bits per heavy atom. The van der Waals surface area contributed by atoms with Crippen molar-refractivity contribution in [3.05, 3.63) is 28.8 Å². The summed E-state index contributed by atoms with van der Waals surface area (Å²) in [5, 5.41) is 3.33. The van der Waals surface area contributed by atoms with Crippen molar-refractivity contribution < 1.29 is 9.53 Å². The summed E-state index contributed by atoms with van der Waals surface area (Å²) >= 11 is 5.89. The molecule has 0 radical (unpaired) electrons. The summed E-state index contributed by atoms with van der Waals surface area (Å²) in [6.07, 6.45) is 3.38. The molecular formula is C14H20ClN3O2. The van der Waals surface area contributed by atoms with E-state index in [4.69, 9.17) is 22.2 Å². The lowest BCUT2D eigenvalue weighted by Gasteiger charge is -2.10. The van der Waals surface area contributed by atoms with Gasteiger partial charge in [0.15, 0.2) is 0 Å². The minimum atomic E-state index is -0.192. The first-order valence-electron chi connectivity index (χ1n) is 6.83. The van der Waals surface area contributed by atoms with Gasteiger partial charge in [-0.25, -0.2) is 0 Å². The monoisotopic (exact) mass is 297 g/mol. The number of carbonyl (C=O) groups is 1. The van der Waals surface area contributed by atoms with Crippen LogP contribution in [0.4, 0.5) is 5.69 Å². The number of carbonyl (C=O) groups excluding carboxylic acids is 1. The van der Waals surface area contributed by atoms with Crippen molar-refractivity contribution >= 4 is 23.2 Å². The summed E-state index contributed by atoms with van der Waals surface area (Å²) in [6.45, 7) is 2.10. The second kappa shape index (κ2) is 7.47. The lowest BCUT2D eigenvalue weighted by molar-refractivity contribution is 0.0938. The van der Waals surface area contributed by atoms with E-state index in [1.807, 2.05) is 0 Å². The first-order valence-corrected chi connectivity index (χ1v) is 7.20. The standard InChI is InChI=1S/C14H20ClN3O2/c15-11-4-5-13(18-16)12(8-11)14(19)17-6-1-7-20-9-10-2-3-10/h4-5,8,10,18H,1-3,6-7,9,16H2,(H,17,19). The number of hydrazine groups is 1. The van der Waals surface area contributed by atoms with Gasteiger partial charge in [-0.1, -0.05) is 11.6 Å². The fraction of sp³-hybridized carbons (Fsp3) is 0.500. The zero-order valence-electron chi connectivity index (χ0n) is 11.3. The van der Waals surface area contributed by atoms with Crippen LogP contribution in [0.25, 0.3) is 0 Å². The van der Waals surface area contributed by atoms with Crippen molar-refractivity contribution in [2.45, 2.75) is 19.3 Å². The zero-order chi connectivity index (χ0) is 14.4. The van der Waals surface area contributed by atoms with Gasteiger partial charge in [-0.15, -0.1) is 0 Å². The Hall–Kier alpha value is -1.30. The number of hydrogen-bond donors (Lipinski definition) is 3. The molecule has 0 saturated heterocycles. The smallest absolute Gasteiger partial charge is 0.253 e. The highest BCUT2D eigenvalue weighted by Crippen LogP contribution is 2.28. The second-order valence-corrected chi connectivity index (χ2v) is 5.40. The van der Waals surface area contributed by atoms with Gasteiger partial charge in [0.2, 0.25) is 0 Å². The molecule has 2 rings (SSSR count). The van der Waals surface area contributed by atoms with E-state index < -0.39 is 0 Å². The molecule has 110 valence electrons. The van der Waals surface area contributed by atoms with Crippen molar-refractivity contribution in [3.8, 4) is 0 Å². The third-order valence-corrected chi connectivity index (χ3v) is 3.42. The highest BCUT2D eigenvalue weighted by atomic mass is 35.5. The molecule has 1 amide bonds. The van der Waals surface area contributed by atoms with E-state index in [2.05, 4.69) is 10.7 Å². The van der Waals surface area contributed by atoms with E-state index in [0.29, 0.717) is 29.4 Å². The fourth-order valence-corrected chi connectivity index (χ4v) is 2.01. The van der Waals surface area contributed by atoms with Crippen molar-refractivity contribution in [1.29, 1.82) is 0 Å². The summed E-state index contributed by atoms with van der Waals surface area (Å²) in [6, 6.07) is 4.95. The van der Waals surface area contributed by atoms with Crippen LogP contribution in [-0.2, 0) is 4.74 Å². The normalized spacial score (nSPS) is 14.1. The van der Waals surface area contributed by atoms with Crippen LogP contribution in [-0.4, -0.2) is 25.7 Å². The van der Waals surface area contributed by atoms with Gasteiger partial charge in [-0.05, 0) is 43.4 Å². The van der Waals surface area contributed by atoms with Gasteiger partial charge in [0.05, 0.1) is 11.3 Å². The van der Waals surface area contributed by atoms with Crippen LogP contribution >= 0.6 is 11.6 Å². The molecule has 0 bridgehead atoms. The molecular weight excluding hydrogens is 278 g/mol. The Bertz CT molecular complexity index is 464. The van der Waals surface area contributed by atoms with Gasteiger partial charge < -0.3 is 15.5 Å². The molecule has 0 unspecified atom stereocenters. The topological polar surface area (TPSA) is 76.4 Å². The van der Waals surface area contributed by atoms with E-state index in [9.17, 15) is 4.79 Å². The van der Waals surface area contributed by atoms with E-state index >= 15 is 0 Å². The quantitative estimate of drug-likeness (QED) is 0.390. The molecule has 0 aliphatic heterocycles. The number of halogens is 1. The molecule has 1 aliphatic carbocycles. The first-order chi connectivity index (χ1) is 9.70. The molecule has 1 saturated carbocycles. The maximum atomic E-state index is 12.0. The SMILES string of the molecule is NNc1ccc(Cl)cc1C(=O)NCCCOCC1CC1. The van der Waals surface area contributed by atoms with Crippen molar-refractivity contribution in [2.75, 3.05) is 25.2 Å². The number of hydrogen-bond acceptors (Lipinski definition) is 4. The summed E-state index contributed by atoms with van der Waals surface area (Å²) in [5.41, 5.74) is 3.49. The van der Waals surface area contributed by atoms with Crippen LogP contribution in [0.15, 0.2) is 18.2 Å². The summed E-state index contributed by atoms with van der Waals surface area (Å²) in [7, 11) is 0. The van der Waals surface area contributed by atoms with Crippen LogP contribution in [0.5, 0.6) is 0 Å². The number of nitrogen functional groups attached to an aromatic ring is 1. The zero-order valence-corrected chi connectivity index (χ0v) is 12.1. The predicted molar refractivity (Wildman–Crippen MR) is 79.8 cm³/mol. The Morgan fingerprint density at radius 2 is 2.25 bits per heavy atom. The lowest BCUT2D eigenvalue weighted by Crippen LogP contribution is -2.27. The maximum absolute atomic E-state index is 12.0. The number of ether oxygens (including phenoxy) is 1. The highest BCUT2D eigenvalue weighted by molar-refractivity contribution is 6.31. The molecule has 6 heteroatoms. The molecule has 1 aliphatic rings. The summed E-state index contributed by atoms with van der Waals surface area (Å²) in [4.78, 5) is 12.0. The van der Waals surface area contributed by atoms with Crippen LogP contribution in [0, 0.1) is 5.92 Å². The predicted octanol–water partition coefficient (Wildman–Crippen LogP) is 2.17. The number of benzene rings is 1. The van der Waals surface area contributed by atoms with Gasteiger partial charge in [0.25, 0.3) is 5.91 Å². The Kier molecular flexibility index (Phi) is 5.64. The van der Waals surface area contributed by atoms with E-state index in [0.717, 1.165) is 18.9 Å². The first kappa shape index (κ1) is 15.1. The number of anilines is 1. The van der Waals surface area contributed by atoms with Gasteiger partial charge in [0.1, 0.15) is 0 Å². The van der Waals surface area contributed by atoms with E-state index in [1.165, 1.54) is 12.8 Å². The second-order valence-electron chi connectivity index (χ2n) is 4.96. The van der Waals surface area contributed by atoms with Crippen LogP contribution in [0.3, 0.4) is 0 Å². The van der Waals surface area contributed by atoms with Gasteiger partial charge in [-0.2, -0.15) is 0 Å². The molecule has 0 heterocycles. The lowest BCUT2D eigenvalue weighted by atomic mass is 10.1. The highest BCUT2D eigenvalue weighted by Gasteiger charge is 2.20. The van der Waals surface area contributed by atoms with Crippen LogP contribution in [0.2, 0.25) is 5.02 Å². The average molecular weight is 298 g/mol. The van der Waals surface area contributed by atoms with Crippen LogP contribution in [0.1, 0.15) is 29.6 Å². The van der Waals surface area contributed by atoms with Crippen molar-refractivity contribution in [3.63, 3.8) is 0 Å². The molecule has 5 nitrogen and oxygen atoms in total. The minimum absolute atomic E-state index is 0.192. The molecule has 20 heavy (non-hydrogen) atoms. The molecule has 1 aromatic carbocycles. The average Bonchev–Trinajstić information content (AvgIpc) is 3.26. The summed E-state index contributed by atoms with van der Waals surface area (Å²) in [5.74, 6) is 5.95. The van der Waals surface area contributed by atoms with Crippen molar-refractivity contribution in [1.82, 2.24) is 5.32 Å². The molecule has 0 atom stereocenters. The number of nitrogens with one attached hydrogen (secondary N) is 2. The Balaban J connectivity index is 1.71. The third-order valence-electron chi connectivity index (χ3n) is 3.18. The number of rotatable bonds is 8. The van der Waals surface area contributed by atoms with Crippen LogP contribution < -0.4 is 16.6 Å². The molecule has 1 fully saturated rings. The largest absolute Gasteiger partial charge is 0.381 e.